The number of carbonyl (C=O) groups excluding carboxylic acids is 1. The Morgan fingerprint density at radius 1 is 1.38 bits per heavy atom. The van der Waals surface area contributed by atoms with Gasteiger partial charge in [0.2, 0.25) is 0 Å². The predicted octanol–water partition coefficient (Wildman–Crippen LogP) is 2.81. The molecular formula is C13H14ClF2NO3S. The first-order valence-corrected chi connectivity index (χ1v) is 8.71. The second kappa shape index (κ2) is 5.53. The van der Waals surface area contributed by atoms with Crippen LogP contribution in [0.5, 0.6) is 0 Å². The normalized spacial score (nSPS) is 16.6. The minimum Gasteiger partial charge on any atom is -0.351 e. The van der Waals surface area contributed by atoms with E-state index in [9.17, 15) is 22.0 Å². The minimum absolute atomic E-state index is 0.0286. The van der Waals surface area contributed by atoms with E-state index in [0.29, 0.717) is 18.7 Å². The highest BCUT2D eigenvalue weighted by molar-refractivity contribution is 8.13. The molecule has 8 heteroatoms. The maximum absolute atomic E-state index is 14.0. The number of carbonyl (C=O) groups is 1. The van der Waals surface area contributed by atoms with Gasteiger partial charge in [-0.15, -0.1) is 0 Å². The fourth-order valence-corrected chi connectivity index (χ4v) is 3.02. The van der Waals surface area contributed by atoms with Crippen LogP contribution in [0.15, 0.2) is 17.0 Å². The number of hydrogen-bond donors (Lipinski definition) is 1. The third kappa shape index (κ3) is 3.52. The SMILES string of the molecule is CCC1(CNC(=O)c2cc(F)cc(S(=O)(=O)Cl)c2F)CC1. The first-order chi connectivity index (χ1) is 9.68. The molecule has 0 unspecified atom stereocenters. The van der Waals surface area contributed by atoms with Crippen molar-refractivity contribution in [2.75, 3.05) is 6.54 Å². The zero-order chi connectivity index (χ0) is 15.8. The summed E-state index contributed by atoms with van der Waals surface area (Å²) in [4.78, 5) is 10.9. The van der Waals surface area contributed by atoms with Crippen molar-refractivity contribution in [2.24, 2.45) is 5.41 Å². The summed E-state index contributed by atoms with van der Waals surface area (Å²) in [6, 6.07) is 1.10. The summed E-state index contributed by atoms with van der Waals surface area (Å²) in [5.74, 6) is -3.24. The van der Waals surface area contributed by atoms with E-state index in [-0.39, 0.29) is 5.41 Å². The van der Waals surface area contributed by atoms with Gasteiger partial charge in [-0.25, -0.2) is 17.2 Å². The molecule has 0 bridgehead atoms. The van der Waals surface area contributed by atoms with Crippen LogP contribution in [0.25, 0.3) is 0 Å². The van der Waals surface area contributed by atoms with Crippen LogP contribution >= 0.6 is 10.7 Å². The highest BCUT2D eigenvalue weighted by Crippen LogP contribution is 2.47. The van der Waals surface area contributed by atoms with E-state index in [4.69, 9.17) is 10.7 Å². The highest BCUT2D eigenvalue weighted by Gasteiger charge is 2.40. The van der Waals surface area contributed by atoms with Crippen LogP contribution in [0.3, 0.4) is 0 Å². The second-order valence-electron chi connectivity index (χ2n) is 5.24. The van der Waals surface area contributed by atoms with Gasteiger partial charge in [-0.2, -0.15) is 0 Å². The summed E-state index contributed by atoms with van der Waals surface area (Å²) in [6.07, 6.45) is 2.81. The molecule has 0 heterocycles. The molecule has 0 radical (unpaired) electrons. The number of nitrogens with one attached hydrogen (secondary N) is 1. The van der Waals surface area contributed by atoms with Crippen molar-refractivity contribution in [1.82, 2.24) is 5.32 Å². The van der Waals surface area contributed by atoms with E-state index < -0.39 is 37.1 Å². The van der Waals surface area contributed by atoms with Crippen LogP contribution < -0.4 is 5.32 Å². The van der Waals surface area contributed by atoms with Gasteiger partial charge in [0.25, 0.3) is 15.0 Å². The lowest BCUT2D eigenvalue weighted by molar-refractivity contribution is 0.0939. The fraction of sp³-hybridized carbons (Fsp3) is 0.462. The molecule has 1 fully saturated rings. The zero-order valence-corrected chi connectivity index (χ0v) is 12.8. The van der Waals surface area contributed by atoms with E-state index in [1.165, 1.54) is 0 Å². The Morgan fingerprint density at radius 3 is 2.48 bits per heavy atom. The smallest absolute Gasteiger partial charge is 0.264 e. The summed E-state index contributed by atoms with van der Waals surface area (Å²) in [5.41, 5.74) is -0.637. The Morgan fingerprint density at radius 2 is 2.00 bits per heavy atom. The van der Waals surface area contributed by atoms with E-state index in [0.717, 1.165) is 19.3 Å². The van der Waals surface area contributed by atoms with Crippen molar-refractivity contribution >= 4 is 25.6 Å². The molecule has 0 spiro atoms. The Bertz CT molecular complexity index is 687. The lowest BCUT2D eigenvalue weighted by Crippen LogP contribution is -2.31. The standard InChI is InChI=1S/C13H14ClF2NO3S/c1-2-13(3-4-13)7-17-12(18)9-5-8(15)6-10(11(9)16)21(14,19)20/h5-6H,2-4,7H2,1H3,(H,17,18). The third-order valence-corrected chi connectivity index (χ3v) is 5.16. The maximum Gasteiger partial charge on any atom is 0.264 e. The molecule has 0 aromatic heterocycles. The quantitative estimate of drug-likeness (QED) is 0.840. The molecular weight excluding hydrogens is 324 g/mol. The van der Waals surface area contributed by atoms with Crippen molar-refractivity contribution in [3.8, 4) is 0 Å². The van der Waals surface area contributed by atoms with E-state index in [1.807, 2.05) is 6.92 Å². The first kappa shape index (κ1) is 16.2. The summed E-state index contributed by atoms with van der Waals surface area (Å²) in [5, 5.41) is 2.52. The summed E-state index contributed by atoms with van der Waals surface area (Å²) in [7, 11) is 0.558. The van der Waals surface area contributed by atoms with E-state index in [1.54, 1.807) is 0 Å². The van der Waals surface area contributed by atoms with Gasteiger partial charge in [0, 0.05) is 17.2 Å². The maximum atomic E-state index is 14.0. The third-order valence-electron chi connectivity index (χ3n) is 3.84. The predicted molar refractivity (Wildman–Crippen MR) is 73.7 cm³/mol. The molecule has 0 atom stereocenters. The van der Waals surface area contributed by atoms with Crippen molar-refractivity contribution < 1.29 is 22.0 Å². The van der Waals surface area contributed by atoms with Gasteiger partial charge in [0.1, 0.15) is 10.7 Å². The number of halogens is 3. The molecule has 21 heavy (non-hydrogen) atoms. The lowest BCUT2D eigenvalue weighted by atomic mass is 10.0. The van der Waals surface area contributed by atoms with Crippen LogP contribution in [0.2, 0.25) is 0 Å². The van der Waals surface area contributed by atoms with Crippen molar-refractivity contribution in [3.05, 3.63) is 29.3 Å². The number of amides is 1. The van der Waals surface area contributed by atoms with Gasteiger partial charge in [-0.05, 0) is 36.8 Å². The average molecular weight is 338 g/mol. The molecule has 2 rings (SSSR count). The summed E-state index contributed by atoms with van der Waals surface area (Å²) in [6.45, 7) is 2.33. The van der Waals surface area contributed by atoms with E-state index in [2.05, 4.69) is 5.32 Å². The van der Waals surface area contributed by atoms with Crippen molar-refractivity contribution in [3.63, 3.8) is 0 Å². The topological polar surface area (TPSA) is 63.2 Å². The van der Waals surface area contributed by atoms with Crippen molar-refractivity contribution in [1.29, 1.82) is 0 Å². The lowest BCUT2D eigenvalue weighted by Gasteiger charge is -2.14. The molecule has 1 aliphatic carbocycles. The Balaban J connectivity index is 2.27. The summed E-state index contributed by atoms with van der Waals surface area (Å²) < 4.78 is 49.8. The molecule has 1 aliphatic rings. The average Bonchev–Trinajstić information content (AvgIpc) is 3.17. The minimum atomic E-state index is -4.47. The van der Waals surface area contributed by atoms with Crippen LogP contribution in [-0.2, 0) is 9.05 Å². The van der Waals surface area contributed by atoms with Gasteiger partial charge < -0.3 is 5.32 Å². The largest absolute Gasteiger partial charge is 0.351 e. The number of hydrogen-bond acceptors (Lipinski definition) is 3. The van der Waals surface area contributed by atoms with Crippen LogP contribution in [-0.4, -0.2) is 20.9 Å². The molecule has 1 N–H and O–H groups in total. The van der Waals surface area contributed by atoms with E-state index >= 15 is 0 Å². The Hall–Kier alpha value is -1.21. The summed E-state index contributed by atoms with van der Waals surface area (Å²) >= 11 is 0. The van der Waals surface area contributed by atoms with Crippen molar-refractivity contribution in [2.45, 2.75) is 31.1 Å². The van der Waals surface area contributed by atoms with Crippen LogP contribution in [0.4, 0.5) is 8.78 Å². The van der Waals surface area contributed by atoms with Crippen LogP contribution in [0, 0.1) is 17.0 Å². The van der Waals surface area contributed by atoms with Gasteiger partial charge in [0.15, 0.2) is 5.82 Å². The van der Waals surface area contributed by atoms with Gasteiger partial charge in [0.05, 0.1) is 5.56 Å². The Kier molecular flexibility index (Phi) is 4.26. The van der Waals surface area contributed by atoms with Gasteiger partial charge >= 0.3 is 0 Å². The Labute approximate surface area is 125 Å². The molecule has 1 aromatic rings. The molecule has 0 saturated heterocycles. The molecule has 1 saturated carbocycles. The zero-order valence-electron chi connectivity index (χ0n) is 11.3. The number of rotatable bonds is 5. The highest BCUT2D eigenvalue weighted by atomic mass is 35.7. The second-order valence-corrected chi connectivity index (χ2v) is 7.77. The first-order valence-electron chi connectivity index (χ1n) is 6.40. The monoisotopic (exact) mass is 337 g/mol. The molecule has 1 aromatic carbocycles. The molecule has 116 valence electrons. The fourth-order valence-electron chi connectivity index (χ4n) is 2.10. The van der Waals surface area contributed by atoms with Gasteiger partial charge in [-0.1, -0.05) is 6.92 Å². The molecule has 1 amide bonds. The molecule has 4 nitrogen and oxygen atoms in total. The van der Waals surface area contributed by atoms with Crippen LogP contribution in [0.1, 0.15) is 36.5 Å². The number of benzene rings is 1. The van der Waals surface area contributed by atoms with Gasteiger partial charge in [-0.3, -0.25) is 4.79 Å². The molecule has 0 aliphatic heterocycles.